The minimum atomic E-state index is -1.66. The van der Waals surface area contributed by atoms with Gasteiger partial charge in [-0.2, -0.15) is 0 Å². The van der Waals surface area contributed by atoms with Crippen LogP contribution in [0.1, 0.15) is 213 Å². The molecule has 1 fully saturated rings. The first-order valence-corrected chi connectivity index (χ1v) is 23.8. The van der Waals surface area contributed by atoms with E-state index in [1.54, 1.807) is 0 Å². The van der Waals surface area contributed by atoms with Crippen molar-refractivity contribution in [1.82, 2.24) is 5.32 Å². The molecule has 0 aromatic rings. The lowest BCUT2D eigenvalue weighted by molar-refractivity contribution is -0.303. The zero-order valence-corrected chi connectivity index (χ0v) is 36.8. The number of rotatable bonds is 39. The predicted octanol–water partition coefficient (Wildman–Crippen LogP) is 7.75. The van der Waals surface area contributed by atoms with Gasteiger partial charge in [0.05, 0.1) is 25.4 Å². The highest BCUT2D eigenvalue weighted by Crippen LogP contribution is 2.23. The number of hydrogen-bond donors (Lipinski definition) is 8. The van der Waals surface area contributed by atoms with Crippen LogP contribution >= 0.6 is 0 Å². The van der Waals surface area contributed by atoms with Gasteiger partial charge in [0.2, 0.25) is 5.91 Å². The van der Waals surface area contributed by atoms with Crippen molar-refractivity contribution in [2.75, 3.05) is 13.2 Å². The molecule has 0 saturated carbocycles. The molecule has 0 aromatic heterocycles. The molecule has 11 heteroatoms. The average molecular weight is 818 g/mol. The molecule has 11 nitrogen and oxygen atoms in total. The van der Waals surface area contributed by atoms with Crippen LogP contribution in [0.3, 0.4) is 0 Å². The van der Waals surface area contributed by atoms with E-state index in [0.29, 0.717) is 19.3 Å². The number of aliphatic hydroxyl groups is 7. The van der Waals surface area contributed by atoms with Crippen LogP contribution in [0.25, 0.3) is 0 Å². The smallest absolute Gasteiger partial charge is 0.249 e. The fraction of sp³-hybridized carbons (Fsp3) is 0.978. The molecule has 340 valence electrons. The summed E-state index contributed by atoms with van der Waals surface area (Å²) in [6.45, 7) is 5.76. The van der Waals surface area contributed by atoms with Crippen LogP contribution in [0, 0.1) is 5.92 Å². The van der Waals surface area contributed by atoms with Crippen LogP contribution in [0.4, 0.5) is 0 Å². The molecular weight excluding hydrogens is 727 g/mol. The number of ether oxygens (including phenoxy) is 2. The third-order valence-electron chi connectivity index (χ3n) is 12.2. The van der Waals surface area contributed by atoms with Crippen molar-refractivity contribution in [2.45, 2.75) is 268 Å². The van der Waals surface area contributed by atoms with Crippen molar-refractivity contribution in [2.24, 2.45) is 5.92 Å². The Balaban J connectivity index is 2.42. The molecule has 0 aromatic carbocycles. The molecule has 1 rings (SSSR count). The molecule has 0 aliphatic carbocycles. The van der Waals surface area contributed by atoms with Crippen LogP contribution in [0.15, 0.2) is 0 Å². The fourth-order valence-corrected chi connectivity index (χ4v) is 7.83. The van der Waals surface area contributed by atoms with E-state index in [0.717, 1.165) is 44.4 Å². The zero-order valence-electron chi connectivity index (χ0n) is 36.8. The quantitative estimate of drug-likeness (QED) is 0.0285. The van der Waals surface area contributed by atoms with E-state index in [9.17, 15) is 40.5 Å². The molecule has 0 spiro atoms. The summed E-state index contributed by atoms with van der Waals surface area (Å²) in [6, 6.07) is -1.16. The molecule has 8 N–H and O–H groups in total. The maximum absolute atomic E-state index is 13.1. The van der Waals surface area contributed by atoms with Crippen molar-refractivity contribution in [3.63, 3.8) is 0 Å². The molecule has 10 atom stereocenters. The highest BCUT2D eigenvalue weighted by atomic mass is 16.7. The van der Waals surface area contributed by atoms with Gasteiger partial charge in [0.1, 0.15) is 36.6 Å². The number of carbonyl (C=O) groups excluding carboxylic acids is 1. The Labute approximate surface area is 348 Å². The molecule has 1 unspecified atom stereocenters. The predicted molar refractivity (Wildman–Crippen MR) is 229 cm³/mol. The summed E-state index contributed by atoms with van der Waals surface area (Å²) in [4.78, 5) is 13.1. The van der Waals surface area contributed by atoms with Gasteiger partial charge in [-0.25, -0.2) is 0 Å². The number of amides is 1. The monoisotopic (exact) mass is 818 g/mol. The van der Waals surface area contributed by atoms with Gasteiger partial charge in [0, 0.05) is 0 Å². The Kier molecular flexibility index (Phi) is 34.0. The Bertz CT molecular complexity index is 912. The first kappa shape index (κ1) is 54.1. The van der Waals surface area contributed by atoms with E-state index >= 15 is 0 Å². The van der Waals surface area contributed by atoms with E-state index < -0.39 is 74.2 Å². The summed E-state index contributed by atoms with van der Waals surface area (Å²) in [7, 11) is 0. The minimum absolute atomic E-state index is 0.265. The first-order valence-electron chi connectivity index (χ1n) is 23.8. The number of unbranched alkanes of at least 4 members (excludes halogenated alkanes) is 24. The van der Waals surface area contributed by atoms with Gasteiger partial charge in [-0.1, -0.05) is 201 Å². The second-order valence-corrected chi connectivity index (χ2v) is 17.4. The molecule has 57 heavy (non-hydrogen) atoms. The summed E-state index contributed by atoms with van der Waals surface area (Å²) in [5, 5.41) is 75.7. The largest absolute Gasteiger partial charge is 0.394 e. The van der Waals surface area contributed by atoms with Crippen LogP contribution in [0.5, 0.6) is 0 Å². The Hall–Kier alpha value is -0.890. The van der Waals surface area contributed by atoms with Crippen molar-refractivity contribution in [3.8, 4) is 0 Å². The first-order chi connectivity index (χ1) is 27.6. The van der Waals surface area contributed by atoms with Gasteiger partial charge in [0.15, 0.2) is 6.29 Å². The summed E-state index contributed by atoms with van der Waals surface area (Å²) in [5.41, 5.74) is 0. The van der Waals surface area contributed by atoms with E-state index in [1.807, 2.05) is 0 Å². The van der Waals surface area contributed by atoms with Gasteiger partial charge < -0.3 is 50.5 Å². The molecule has 1 amide bonds. The van der Waals surface area contributed by atoms with Gasteiger partial charge >= 0.3 is 0 Å². The number of hydrogen-bond acceptors (Lipinski definition) is 10. The average Bonchev–Trinajstić information content (AvgIpc) is 3.21. The molecule has 0 radical (unpaired) electrons. The van der Waals surface area contributed by atoms with Gasteiger partial charge in [0.25, 0.3) is 0 Å². The third kappa shape index (κ3) is 26.1. The minimum Gasteiger partial charge on any atom is -0.394 e. The number of carbonyl (C=O) groups is 1. The summed E-state index contributed by atoms with van der Waals surface area (Å²) >= 11 is 0. The molecule has 1 heterocycles. The maximum atomic E-state index is 13.1. The zero-order chi connectivity index (χ0) is 42.1. The van der Waals surface area contributed by atoms with E-state index in [2.05, 4.69) is 26.1 Å². The van der Waals surface area contributed by atoms with Crippen LogP contribution < -0.4 is 5.32 Å². The highest BCUT2D eigenvalue weighted by molar-refractivity contribution is 5.80. The van der Waals surface area contributed by atoms with Crippen molar-refractivity contribution in [1.29, 1.82) is 0 Å². The van der Waals surface area contributed by atoms with E-state index in [1.165, 1.54) is 128 Å². The molecule has 1 aliphatic rings. The molecular formula is C46H91NO10. The third-order valence-corrected chi connectivity index (χ3v) is 12.2. The standard InChI is InChI=1S/C46H91NO10/c1-4-6-7-8-9-10-11-12-13-14-15-16-17-18-19-24-27-30-33-39(50)45(55)47-37(35-56-46-44(54)43(53)42(52)40(34-48)57-46)41(51)38(49)32-29-26-23-21-20-22-25-28-31-36(3)5-2/h36-44,46,48-54H,4-35H2,1-3H3,(H,47,55)/t36?,37-,38+,39+,40+,41-,42-,43-,44+,46+/m0/s1. The van der Waals surface area contributed by atoms with Crippen LogP contribution in [-0.2, 0) is 14.3 Å². The van der Waals surface area contributed by atoms with E-state index in [4.69, 9.17) is 9.47 Å². The molecule has 1 aliphatic heterocycles. The van der Waals surface area contributed by atoms with Crippen molar-refractivity contribution in [3.05, 3.63) is 0 Å². The topological polar surface area (TPSA) is 189 Å². The van der Waals surface area contributed by atoms with Gasteiger partial charge in [-0.05, 0) is 18.8 Å². The second-order valence-electron chi connectivity index (χ2n) is 17.4. The second kappa shape index (κ2) is 35.8. The Morgan fingerprint density at radius 2 is 1.02 bits per heavy atom. The number of aliphatic hydroxyl groups excluding tert-OH is 7. The molecule has 0 bridgehead atoms. The van der Waals surface area contributed by atoms with Crippen LogP contribution in [0.2, 0.25) is 0 Å². The van der Waals surface area contributed by atoms with Crippen molar-refractivity contribution >= 4 is 5.91 Å². The van der Waals surface area contributed by atoms with Gasteiger partial charge in [-0.3, -0.25) is 4.79 Å². The summed E-state index contributed by atoms with van der Waals surface area (Å²) < 4.78 is 11.1. The van der Waals surface area contributed by atoms with Crippen molar-refractivity contribution < 1.29 is 50.0 Å². The molecule has 1 saturated heterocycles. The van der Waals surface area contributed by atoms with Gasteiger partial charge in [-0.15, -0.1) is 0 Å². The normalized spacial score (nSPS) is 22.6. The Morgan fingerprint density at radius 1 is 0.596 bits per heavy atom. The summed E-state index contributed by atoms with van der Waals surface area (Å²) in [5.74, 6) is 0.104. The van der Waals surface area contributed by atoms with Crippen LogP contribution in [-0.4, -0.2) is 110 Å². The number of nitrogens with one attached hydrogen (secondary N) is 1. The SMILES string of the molecule is CCCCCCCCCCCCCCCCCCCC[C@@H](O)C(=O)N[C@@H](CO[C@@H]1O[C@H](CO)[C@H](O)[C@H](O)[C@H]1O)[C@H](O)[C@H](O)CCCCCCCCCCC(C)CC. The lowest BCUT2D eigenvalue weighted by atomic mass is 9.98. The lowest BCUT2D eigenvalue weighted by Crippen LogP contribution is -2.60. The lowest BCUT2D eigenvalue weighted by Gasteiger charge is -2.40. The highest BCUT2D eigenvalue weighted by Gasteiger charge is 2.44. The maximum Gasteiger partial charge on any atom is 0.249 e. The Morgan fingerprint density at radius 3 is 1.46 bits per heavy atom. The summed E-state index contributed by atoms with van der Waals surface area (Å²) in [6.07, 6.45) is 23.0. The fourth-order valence-electron chi connectivity index (χ4n) is 7.83. The van der Waals surface area contributed by atoms with E-state index in [-0.39, 0.29) is 6.42 Å².